The number of nitrogens with one attached hydrogen (secondary N) is 1. The molecule has 0 aliphatic rings. The maximum absolute atomic E-state index is 5.98. The molecule has 0 bridgehead atoms. The van der Waals surface area contributed by atoms with Crippen LogP contribution in [-0.2, 0) is 0 Å². The summed E-state index contributed by atoms with van der Waals surface area (Å²) in [6, 6.07) is 6.13. The highest BCUT2D eigenvalue weighted by atomic mass is 32.1. The van der Waals surface area contributed by atoms with E-state index in [4.69, 9.17) is 5.73 Å². The number of hydrogen-bond donors (Lipinski definition) is 3. The Morgan fingerprint density at radius 2 is 2.36 bits per heavy atom. The van der Waals surface area contributed by atoms with Crippen LogP contribution in [0.3, 0.4) is 0 Å². The van der Waals surface area contributed by atoms with Crippen molar-refractivity contribution in [3.63, 3.8) is 0 Å². The van der Waals surface area contributed by atoms with Crippen LogP contribution in [0.5, 0.6) is 0 Å². The molecule has 1 aromatic heterocycles. The van der Waals surface area contributed by atoms with Crippen LogP contribution in [0, 0.1) is 0 Å². The number of thiol groups is 1. The minimum absolute atomic E-state index is 0.0696. The highest BCUT2D eigenvalue weighted by molar-refractivity contribution is 7.80. The molecule has 74 valence electrons. The first-order valence-electron chi connectivity index (χ1n) is 4.60. The molecule has 0 saturated heterocycles. The molecular formula is C10H13N3S. The predicted molar refractivity (Wildman–Crippen MR) is 61.5 cm³/mol. The highest BCUT2D eigenvalue weighted by Crippen LogP contribution is 2.18. The molecule has 0 aliphatic heterocycles. The molecule has 4 heteroatoms. The zero-order valence-corrected chi connectivity index (χ0v) is 8.67. The summed E-state index contributed by atoms with van der Waals surface area (Å²) in [6.07, 6.45) is 2.58. The van der Waals surface area contributed by atoms with Gasteiger partial charge >= 0.3 is 0 Å². The van der Waals surface area contributed by atoms with Gasteiger partial charge in [-0.2, -0.15) is 12.6 Å². The van der Waals surface area contributed by atoms with E-state index in [0.717, 1.165) is 28.8 Å². The van der Waals surface area contributed by atoms with Crippen molar-refractivity contribution < 1.29 is 0 Å². The normalized spacial score (nSPS) is 13.3. The zero-order chi connectivity index (χ0) is 9.97. The summed E-state index contributed by atoms with van der Waals surface area (Å²) >= 11 is 4.17. The molecule has 1 unspecified atom stereocenters. The number of hydrogen-bond acceptors (Lipinski definition) is 3. The van der Waals surface area contributed by atoms with Crippen molar-refractivity contribution >= 4 is 23.7 Å². The fraction of sp³-hybridized carbons (Fsp3) is 0.300. The minimum Gasteiger partial charge on any atom is -0.345 e. The smallest absolute Gasteiger partial charge is 0.0931 e. The van der Waals surface area contributed by atoms with Crippen molar-refractivity contribution in [1.29, 1.82) is 0 Å². The van der Waals surface area contributed by atoms with Crippen LogP contribution in [0.4, 0.5) is 0 Å². The van der Waals surface area contributed by atoms with E-state index in [-0.39, 0.29) is 6.04 Å². The van der Waals surface area contributed by atoms with Crippen molar-refractivity contribution in [1.82, 2.24) is 9.97 Å². The summed E-state index contributed by atoms with van der Waals surface area (Å²) in [4.78, 5) is 7.22. The third-order valence-corrected chi connectivity index (χ3v) is 2.57. The molecule has 2 rings (SSSR count). The Labute approximate surface area is 88.1 Å². The average molecular weight is 207 g/mol. The number of fused-ring (bicyclic) bond motifs is 1. The molecule has 3 nitrogen and oxygen atoms in total. The SMILES string of the molecule is NC(CCS)c1ccc2nc[nH]c2c1. The second kappa shape index (κ2) is 4.02. The lowest BCUT2D eigenvalue weighted by atomic mass is 10.1. The predicted octanol–water partition coefficient (Wildman–Crippen LogP) is 1.88. The number of H-pyrrole nitrogens is 1. The number of aromatic amines is 1. The van der Waals surface area contributed by atoms with Crippen LogP contribution in [0.2, 0.25) is 0 Å². The van der Waals surface area contributed by atoms with E-state index in [0.29, 0.717) is 0 Å². The van der Waals surface area contributed by atoms with E-state index in [1.807, 2.05) is 12.1 Å². The molecular weight excluding hydrogens is 194 g/mol. The van der Waals surface area contributed by atoms with Gasteiger partial charge in [0.15, 0.2) is 0 Å². The fourth-order valence-electron chi connectivity index (χ4n) is 1.49. The Balaban J connectivity index is 2.33. The lowest BCUT2D eigenvalue weighted by molar-refractivity contribution is 0.707. The summed E-state index contributed by atoms with van der Waals surface area (Å²) in [5, 5.41) is 0. The lowest BCUT2D eigenvalue weighted by Gasteiger charge is -2.09. The third-order valence-electron chi connectivity index (χ3n) is 2.31. The maximum atomic E-state index is 5.98. The Morgan fingerprint density at radius 3 is 3.14 bits per heavy atom. The summed E-state index contributed by atoms with van der Waals surface area (Å²) in [6.45, 7) is 0. The van der Waals surface area contributed by atoms with Crippen LogP contribution in [0.25, 0.3) is 11.0 Å². The fourth-order valence-corrected chi connectivity index (χ4v) is 1.77. The van der Waals surface area contributed by atoms with Gasteiger partial charge in [0.05, 0.1) is 17.4 Å². The molecule has 1 aromatic carbocycles. The van der Waals surface area contributed by atoms with Gasteiger partial charge in [-0.05, 0) is 29.9 Å². The lowest BCUT2D eigenvalue weighted by Crippen LogP contribution is -2.10. The summed E-state index contributed by atoms with van der Waals surface area (Å²) < 4.78 is 0. The molecule has 0 radical (unpaired) electrons. The molecule has 14 heavy (non-hydrogen) atoms. The molecule has 0 aliphatic carbocycles. The number of nitrogens with two attached hydrogens (primary N) is 1. The number of imidazole rings is 1. The quantitative estimate of drug-likeness (QED) is 0.673. The minimum atomic E-state index is 0.0696. The van der Waals surface area contributed by atoms with Gasteiger partial charge < -0.3 is 10.7 Å². The monoisotopic (exact) mass is 207 g/mol. The molecule has 3 N–H and O–H groups in total. The number of aromatic nitrogens is 2. The van der Waals surface area contributed by atoms with Crippen LogP contribution >= 0.6 is 12.6 Å². The van der Waals surface area contributed by atoms with Gasteiger partial charge in [0.25, 0.3) is 0 Å². The van der Waals surface area contributed by atoms with E-state index in [1.54, 1.807) is 6.33 Å². The van der Waals surface area contributed by atoms with Crippen LogP contribution in [0.1, 0.15) is 18.0 Å². The van der Waals surface area contributed by atoms with E-state index >= 15 is 0 Å². The maximum Gasteiger partial charge on any atom is 0.0931 e. The molecule has 0 amide bonds. The van der Waals surface area contributed by atoms with Crippen LogP contribution in [-0.4, -0.2) is 15.7 Å². The van der Waals surface area contributed by atoms with Crippen molar-refractivity contribution in [2.45, 2.75) is 12.5 Å². The summed E-state index contributed by atoms with van der Waals surface area (Å²) in [7, 11) is 0. The van der Waals surface area contributed by atoms with Gasteiger partial charge in [-0.1, -0.05) is 6.07 Å². The highest BCUT2D eigenvalue weighted by Gasteiger charge is 2.06. The van der Waals surface area contributed by atoms with Crippen molar-refractivity contribution in [3.05, 3.63) is 30.1 Å². The largest absolute Gasteiger partial charge is 0.345 e. The molecule has 1 atom stereocenters. The van der Waals surface area contributed by atoms with Gasteiger partial charge in [0, 0.05) is 6.04 Å². The first kappa shape index (κ1) is 9.55. The Kier molecular flexibility index (Phi) is 2.74. The first-order chi connectivity index (χ1) is 6.81. The number of rotatable bonds is 3. The van der Waals surface area contributed by atoms with Gasteiger partial charge in [-0.3, -0.25) is 0 Å². The number of benzene rings is 1. The van der Waals surface area contributed by atoms with Crippen molar-refractivity contribution in [2.75, 3.05) is 5.75 Å². The Hall–Kier alpha value is -1.00. The van der Waals surface area contributed by atoms with E-state index in [9.17, 15) is 0 Å². The van der Waals surface area contributed by atoms with E-state index < -0.39 is 0 Å². The molecule has 0 spiro atoms. The van der Waals surface area contributed by atoms with Crippen molar-refractivity contribution in [3.8, 4) is 0 Å². The number of nitrogens with zero attached hydrogens (tertiary/aromatic N) is 1. The second-order valence-electron chi connectivity index (χ2n) is 3.30. The topological polar surface area (TPSA) is 54.7 Å². The second-order valence-corrected chi connectivity index (χ2v) is 3.75. The van der Waals surface area contributed by atoms with E-state index in [1.165, 1.54) is 0 Å². The Bertz CT molecular complexity index is 424. The van der Waals surface area contributed by atoms with Crippen molar-refractivity contribution in [2.24, 2.45) is 5.73 Å². The third kappa shape index (κ3) is 1.76. The Morgan fingerprint density at radius 1 is 1.50 bits per heavy atom. The van der Waals surface area contributed by atoms with Gasteiger partial charge in [-0.25, -0.2) is 4.98 Å². The zero-order valence-electron chi connectivity index (χ0n) is 7.77. The summed E-state index contributed by atoms with van der Waals surface area (Å²) in [5.41, 5.74) is 9.13. The first-order valence-corrected chi connectivity index (χ1v) is 5.24. The van der Waals surface area contributed by atoms with Gasteiger partial charge in [-0.15, -0.1) is 0 Å². The standard InChI is InChI=1S/C10H13N3S/c11-8(3-4-14)7-1-2-9-10(5-7)13-6-12-9/h1-2,5-6,8,14H,3-4,11H2,(H,12,13). The molecule has 1 heterocycles. The molecule has 0 fully saturated rings. The van der Waals surface area contributed by atoms with E-state index in [2.05, 4.69) is 28.7 Å². The van der Waals surface area contributed by atoms with Gasteiger partial charge in [0.1, 0.15) is 0 Å². The van der Waals surface area contributed by atoms with Gasteiger partial charge in [0.2, 0.25) is 0 Å². The summed E-state index contributed by atoms with van der Waals surface area (Å²) in [5.74, 6) is 0.808. The van der Waals surface area contributed by atoms with Crippen LogP contribution < -0.4 is 5.73 Å². The molecule has 2 aromatic rings. The average Bonchev–Trinajstić information content (AvgIpc) is 2.64. The van der Waals surface area contributed by atoms with Crippen LogP contribution in [0.15, 0.2) is 24.5 Å². The molecule has 0 saturated carbocycles.